The van der Waals surface area contributed by atoms with Gasteiger partial charge in [-0.2, -0.15) is 4.72 Å². The van der Waals surface area contributed by atoms with Crippen molar-refractivity contribution in [3.63, 3.8) is 0 Å². The zero-order valence-electron chi connectivity index (χ0n) is 15.7. The number of ether oxygens (including phenoxy) is 2. The van der Waals surface area contributed by atoms with Crippen molar-refractivity contribution in [2.45, 2.75) is 30.8 Å². The lowest BCUT2D eigenvalue weighted by molar-refractivity contribution is -0.123. The smallest absolute Gasteiger partial charge is 0.245 e. The lowest BCUT2D eigenvalue weighted by Gasteiger charge is -2.21. The first-order valence-electron chi connectivity index (χ1n) is 8.38. The molecule has 2 N–H and O–H groups in total. The first-order valence-corrected chi connectivity index (χ1v) is 9.86. The highest BCUT2D eigenvalue weighted by atomic mass is 32.2. The van der Waals surface area contributed by atoms with Gasteiger partial charge in [-0.15, -0.1) is 0 Å². The predicted molar refractivity (Wildman–Crippen MR) is 102 cm³/mol. The van der Waals surface area contributed by atoms with Crippen molar-refractivity contribution in [3.8, 4) is 11.5 Å². The third-order valence-corrected chi connectivity index (χ3v) is 5.22. The second-order valence-electron chi connectivity index (χ2n) is 6.15. The number of carbonyl (C=O) groups excluding carboxylic acids is 1. The average molecular weight is 392 g/mol. The maximum absolute atomic E-state index is 13.0. The molecule has 0 heterocycles. The van der Waals surface area contributed by atoms with Crippen LogP contribution in [0.3, 0.4) is 0 Å². The fraction of sp³-hybridized carbons (Fsp3) is 0.316. The minimum Gasteiger partial charge on any atom is -0.497 e. The van der Waals surface area contributed by atoms with E-state index < -0.39 is 22.0 Å². The molecule has 7 nitrogen and oxygen atoms in total. The molecule has 2 rings (SSSR count). The molecule has 27 heavy (non-hydrogen) atoms. The van der Waals surface area contributed by atoms with Crippen LogP contribution in [-0.2, 0) is 14.8 Å². The molecule has 8 heteroatoms. The number of amides is 1. The molecule has 0 bridgehead atoms. The number of hydrogen-bond donors (Lipinski definition) is 2. The fourth-order valence-electron chi connectivity index (χ4n) is 2.50. The van der Waals surface area contributed by atoms with Crippen molar-refractivity contribution in [2.75, 3.05) is 14.2 Å². The second kappa shape index (κ2) is 8.88. The zero-order valence-corrected chi connectivity index (χ0v) is 16.5. The molecular weight excluding hydrogens is 368 g/mol. The molecule has 0 saturated heterocycles. The summed E-state index contributed by atoms with van der Waals surface area (Å²) in [5.41, 5.74) is 0.534. The highest BCUT2D eigenvalue weighted by Crippen LogP contribution is 2.29. The Morgan fingerprint density at radius 1 is 1.00 bits per heavy atom. The maximum atomic E-state index is 13.0. The lowest BCUT2D eigenvalue weighted by atomic mass is 10.1. The van der Waals surface area contributed by atoms with Crippen molar-refractivity contribution in [1.82, 2.24) is 10.0 Å². The Morgan fingerprint density at radius 3 is 2.22 bits per heavy atom. The summed E-state index contributed by atoms with van der Waals surface area (Å²) in [7, 11) is -1.20. The summed E-state index contributed by atoms with van der Waals surface area (Å²) in [5, 5.41) is 2.75. The number of sulfonamides is 1. The van der Waals surface area contributed by atoms with E-state index in [1.165, 1.54) is 32.4 Å². The summed E-state index contributed by atoms with van der Waals surface area (Å²) < 4.78 is 38.7. The van der Waals surface area contributed by atoms with Crippen molar-refractivity contribution >= 4 is 15.9 Å². The third-order valence-electron chi connectivity index (χ3n) is 3.76. The molecule has 146 valence electrons. The van der Waals surface area contributed by atoms with Crippen molar-refractivity contribution < 1.29 is 22.7 Å². The average Bonchev–Trinajstić information content (AvgIpc) is 2.65. The summed E-state index contributed by atoms with van der Waals surface area (Å²) in [5.74, 6) is 0.146. The van der Waals surface area contributed by atoms with Crippen molar-refractivity contribution in [2.24, 2.45) is 0 Å². The van der Waals surface area contributed by atoms with Crippen molar-refractivity contribution in [3.05, 3.63) is 54.1 Å². The number of rotatable bonds is 8. The zero-order chi connectivity index (χ0) is 20.0. The van der Waals surface area contributed by atoms with E-state index in [-0.39, 0.29) is 16.7 Å². The molecule has 0 fully saturated rings. The Kier molecular flexibility index (Phi) is 6.81. The highest BCUT2D eigenvalue weighted by Gasteiger charge is 2.29. The van der Waals surface area contributed by atoms with Gasteiger partial charge in [0.15, 0.2) is 0 Å². The monoisotopic (exact) mass is 392 g/mol. The Bertz CT molecular complexity index is 882. The van der Waals surface area contributed by atoms with Gasteiger partial charge in [-0.1, -0.05) is 30.3 Å². The molecule has 0 aliphatic rings. The Morgan fingerprint density at radius 2 is 1.67 bits per heavy atom. The minimum absolute atomic E-state index is 0.0796. The first kappa shape index (κ1) is 20.7. The fourth-order valence-corrected chi connectivity index (χ4v) is 3.84. The maximum Gasteiger partial charge on any atom is 0.245 e. The molecule has 1 amide bonds. The predicted octanol–water partition coefficient (Wildman–Crippen LogP) is 2.25. The van der Waals surface area contributed by atoms with E-state index in [0.717, 1.165) is 0 Å². The van der Waals surface area contributed by atoms with Gasteiger partial charge in [-0.05, 0) is 31.5 Å². The van der Waals surface area contributed by atoms with Gasteiger partial charge in [0.25, 0.3) is 0 Å². The van der Waals surface area contributed by atoms with Crippen LogP contribution in [0.15, 0.2) is 53.4 Å². The Balaban J connectivity index is 2.43. The van der Waals surface area contributed by atoms with E-state index >= 15 is 0 Å². The first-order chi connectivity index (χ1) is 12.8. The highest BCUT2D eigenvalue weighted by molar-refractivity contribution is 7.89. The third kappa shape index (κ3) is 5.21. The summed E-state index contributed by atoms with van der Waals surface area (Å²) >= 11 is 0. The van der Waals surface area contributed by atoms with Crippen LogP contribution < -0.4 is 19.5 Å². The molecule has 2 aromatic carbocycles. The van der Waals surface area contributed by atoms with Crippen LogP contribution in [0.1, 0.15) is 25.5 Å². The number of benzene rings is 2. The van der Waals surface area contributed by atoms with Gasteiger partial charge in [0.05, 0.1) is 14.2 Å². The largest absolute Gasteiger partial charge is 0.497 e. The normalized spacial score (nSPS) is 12.5. The number of methoxy groups -OCH3 is 2. The van der Waals surface area contributed by atoms with E-state index in [4.69, 9.17) is 9.47 Å². The molecule has 0 unspecified atom stereocenters. The van der Waals surface area contributed by atoms with Crippen LogP contribution >= 0.6 is 0 Å². The molecule has 1 atom stereocenters. The summed E-state index contributed by atoms with van der Waals surface area (Å²) in [6.07, 6.45) is 0. The van der Waals surface area contributed by atoms with E-state index in [2.05, 4.69) is 10.0 Å². The summed E-state index contributed by atoms with van der Waals surface area (Å²) in [6.45, 7) is 3.61. The Labute approximate surface area is 159 Å². The summed E-state index contributed by atoms with van der Waals surface area (Å²) in [6, 6.07) is 11.8. The molecule has 2 aromatic rings. The van der Waals surface area contributed by atoms with Crippen LogP contribution in [0.5, 0.6) is 11.5 Å². The minimum atomic E-state index is -4.05. The van der Waals surface area contributed by atoms with Crippen LogP contribution in [0.4, 0.5) is 0 Å². The van der Waals surface area contributed by atoms with E-state index in [0.29, 0.717) is 11.3 Å². The molecule has 0 radical (unpaired) electrons. The van der Waals surface area contributed by atoms with Crippen molar-refractivity contribution in [1.29, 1.82) is 0 Å². The number of carbonyl (C=O) groups is 1. The quantitative estimate of drug-likeness (QED) is 0.719. The molecular formula is C19H24N2O5S. The standard InChI is InChI=1S/C19H24N2O5S/c1-13(2)20-19(22)18(14-8-6-5-7-9-14)21-27(23,24)17-11-10-15(25-3)12-16(17)26-4/h5-13,18,21H,1-4H3,(H,20,22)/t18-/m0/s1. The summed E-state index contributed by atoms with van der Waals surface area (Å²) in [4.78, 5) is 12.5. The van der Waals surface area contributed by atoms with E-state index in [9.17, 15) is 13.2 Å². The van der Waals surface area contributed by atoms with Gasteiger partial charge in [0.1, 0.15) is 22.4 Å². The molecule has 0 aliphatic carbocycles. The van der Waals surface area contributed by atoms with Gasteiger partial charge in [-0.25, -0.2) is 8.42 Å². The lowest BCUT2D eigenvalue weighted by Crippen LogP contribution is -2.42. The Hall–Kier alpha value is -2.58. The van der Waals surface area contributed by atoms with Gasteiger partial charge in [0.2, 0.25) is 15.9 Å². The van der Waals surface area contributed by atoms with Crippen LogP contribution in [0.25, 0.3) is 0 Å². The van der Waals surface area contributed by atoms with E-state index in [1.807, 2.05) is 0 Å². The topological polar surface area (TPSA) is 93.7 Å². The molecule has 0 aromatic heterocycles. The number of nitrogens with one attached hydrogen (secondary N) is 2. The van der Waals surface area contributed by atoms with Gasteiger partial charge in [0, 0.05) is 12.1 Å². The van der Waals surface area contributed by atoms with Gasteiger partial charge in [-0.3, -0.25) is 4.79 Å². The molecule has 0 spiro atoms. The van der Waals surface area contributed by atoms with Crippen LogP contribution in [0.2, 0.25) is 0 Å². The number of hydrogen-bond acceptors (Lipinski definition) is 5. The second-order valence-corrected chi connectivity index (χ2v) is 7.83. The molecule has 0 aliphatic heterocycles. The van der Waals surface area contributed by atoms with Gasteiger partial charge >= 0.3 is 0 Å². The van der Waals surface area contributed by atoms with Gasteiger partial charge < -0.3 is 14.8 Å². The SMILES string of the molecule is COc1ccc(S(=O)(=O)N[C@H](C(=O)NC(C)C)c2ccccc2)c(OC)c1. The van der Waals surface area contributed by atoms with E-state index in [1.54, 1.807) is 44.2 Å². The molecule has 0 saturated carbocycles. The van der Waals surface area contributed by atoms with Crippen LogP contribution in [0, 0.1) is 0 Å². The van der Waals surface area contributed by atoms with Crippen LogP contribution in [-0.4, -0.2) is 34.6 Å².